The van der Waals surface area contributed by atoms with Crippen LogP contribution in [0.3, 0.4) is 0 Å². The monoisotopic (exact) mass is 336 g/mol. The molecule has 4 nitrogen and oxygen atoms in total. The zero-order valence-electron chi connectivity index (χ0n) is 9.11. The first-order valence-corrected chi connectivity index (χ1v) is 6.03. The molecular weight excluding hydrogens is 327 g/mol. The lowest BCUT2D eigenvalue weighted by Gasteiger charge is -2.09. The van der Waals surface area contributed by atoms with Gasteiger partial charge in [-0.15, -0.1) is 5.10 Å². The molecule has 0 unspecified atom stereocenters. The van der Waals surface area contributed by atoms with Crippen LogP contribution in [0.25, 0.3) is 0 Å². The number of benzene rings is 1. The molecule has 84 valence electrons. The maximum Gasteiger partial charge on any atom is 0.171 e. The Balaban J connectivity index is 2.38. The minimum Gasteiger partial charge on any atom is -0.337 e. The molecular formula is C12H9IN4. The van der Waals surface area contributed by atoms with Crippen molar-refractivity contribution in [2.75, 3.05) is 5.32 Å². The predicted octanol–water partition coefficient (Wildman–Crippen LogP) is 3.00. The number of hydrogen-bond acceptors (Lipinski definition) is 4. The maximum absolute atomic E-state index is 8.96. The van der Waals surface area contributed by atoms with Crippen molar-refractivity contribution in [2.24, 2.45) is 0 Å². The van der Waals surface area contributed by atoms with Gasteiger partial charge >= 0.3 is 0 Å². The first-order valence-electron chi connectivity index (χ1n) is 4.95. The summed E-state index contributed by atoms with van der Waals surface area (Å²) in [5, 5.41) is 19.8. The molecule has 2 aromatic rings. The van der Waals surface area contributed by atoms with E-state index in [0.29, 0.717) is 11.4 Å². The molecule has 0 amide bonds. The molecule has 0 aliphatic carbocycles. The fraction of sp³-hybridized carbons (Fsp3) is 0.0833. The molecule has 0 spiro atoms. The molecule has 0 aliphatic rings. The molecule has 0 atom stereocenters. The van der Waals surface area contributed by atoms with Gasteiger partial charge in [-0.25, -0.2) is 0 Å². The van der Waals surface area contributed by atoms with Gasteiger partial charge < -0.3 is 5.32 Å². The summed E-state index contributed by atoms with van der Waals surface area (Å²) in [5.74, 6) is 0.486. The van der Waals surface area contributed by atoms with Crippen LogP contribution in [0.15, 0.2) is 30.5 Å². The lowest BCUT2D eigenvalue weighted by atomic mass is 10.2. The molecule has 1 aromatic heterocycles. The van der Waals surface area contributed by atoms with Crippen molar-refractivity contribution >= 4 is 34.1 Å². The van der Waals surface area contributed by atoms with E-state index in [9.17, 15) is 0 Å². The number of nitriles is 1. The lowest BCUT2D eigenvalue weighted by Crippen LogP contribution is -2.00. The van der Waals surface area contributed by atoms with Crippen LogP contribution in [0.2, 0.25) is 0 Å². The molecule has 0 bridgehead atoms. The van der Waals surface area contributed by atoms with Crippen molar-refractivity contribution in [1.29, 1.82) is 5.26 Å². The Bertz CT molecular complexity index is 589. The fourth-order valence-corrected chi connectivity index (χ4v) is 1.86. The van der Waals surface area contributed by atoms with Crippen LogP contribution in [0, 0.1) is 21.8 Å². The van der Waals surface area contributed by atoms with Crippen LogP contribution in [0.1, 0.15) is 11.1 Å². The van der Waals surface area contributed by atoms with Gasteiger partial charge in [0.15, 0.2) is 5.82 Å². The number of hydrogen-bond donors (Lipinski definition) is 1. The van der Waals surface area contributed by atoms with Crippen LogP contribution < -0.4 is 5.32 Å². The summed E-state index contributed by atoms with van der Waals surface area (Å²) in [6.07, 6.45) is 1.51. The molecule has 2 rings (SSSR count). The number of aromatic nitrogens is 2. The third-order valence-corrected chi connectivity index (χ3v) is 2.96. The van der Waals surface area contributed by atoms with E-state index in [-0.39, 0.29) is 0 Å². The third kappa shape index (κ3) is 2.71. The minimum absolute atomic E-state index is 0.485. The van der Waals surface area contributed by atoms with E-state index in [1.807, 2.05) is 25.1 Å². The second-order valence-electron chi connectivity index (χ2n) is 3.49. The zero-order valence-corrected chi connectivity index (χ0v) is 11.3. The normalized spacial score (nSPS) is 9.71. The molecule has 17 heavy (non-hydrogen) atoms. The van der Waals surface area contributed by atoms with Crippen molar-refractivity contribution in [3.63, 3.8) is 0 Å². The van der Waals surface area contributed by atoms with Crippen molar-refractivity contribution in [3.8, 4) is 6.07 Å². The second-order valence-corrected chi connectivity index (χ2v) is 4.74. The van der Waals surface area contributed by atoms with Gasteiger partial charge in [-0.05, 0) is 53.3 Å². The highest BCUT2D eigenvalue weighted by molar-refractivity contribution is 14.1. The maximum atomic E-state index is 8.96. The van der Waals surface area contributed by atoms with Crippen LogP contribution in [0.5, 0.6) is 0 Å². The number of rotatable bonds is 2. The largest absolute Gasteiger partial charge is 0.337 e. The van der Waals surface area contributed by atoms with E-state index in [4.69, 9.17) is 5.26 Å². The highest BCUT2D eigenvalue weighted by atomic mass is 127. The second kappa shape index (κ2) is 5.10. The molecule has 0 saturated carbocycles. The number of nitrogens with zero attached hydrogens (tertiary/aromatic N) is 3. The molecule has 1 heterocycles. The minimum atomic E-state index is 0.485. The van der Waals surface area contributed by atoms with E-state index in [1.54, 1.807) is 6.07 Å². The average molecular weight is 336 g/mol. The number of halogens is 1. The van der Waals surface area contributed by atoms with Gasteiger partial charge in [0.1, 0.15) is 6.07 Å². The molecule has 0 fully saturated rings. The molecule has 1 N–H and O–H groups in total. The molecule has 0 saturated heterocycles. The predicted molar refractivity (Wildman–Crippen MR) is 73.9 cm³/mol. The first-order chi connectivity index (χ1) is 8.20. The Morgan fingerprint density at radius 1 is 1.35 bits per heavy atom. The van der Waals surface area contributed by atoms with Crippen molar-refractivity contribution in [3.05, 3.63) is 45.2 Å². The van der Waals surface area contributed by atoms with Crippen molar-refractivity contribution < 1.29 is 0 Å². The van der Waals surface area contributed by atoms with Crippen molar-refractivity contribution in [2.45, 2.75) is 6.92 Å². The summed E-state index contributed by atoms with van der Waals surface area (Å²) in [4.78, 5) is 0. The van der Waals surface area contributed by atoms with E-state index in [1.165, 1.54) is 6.20 Å². The Morgan fingerprint density at radius 2 is 2.18 bits per heavy atom. The fourth-order valence-electron chi connectivity index (χ4n) is 1.37. The smallest absolute Gasteiger partial charge is 0.171 e. The molecule has 0 aliphatic heterocycles. The van der Waals surface area contributed by atoms with Crippen LogP contribution in [-0.4, -0.2) is 10.2 Å². The van der Waals surface area contributed by atoms with Crippen molar-refractivity contribution in [1.82, 2.24) is 10.2 Å². The SMILES string of the molecule is Cc1ccc(I)cc1Nc1nnccc1C#N. The van der Waals surface area contributed by atoms with E-state index in [2.05, 4.69) is 44.2 Å². The summed E-state index contributed by atoms with van der Waals surface area (Å²) < 4.78 is 1.12. The van der Waals surface area contributed by atoms with Crippen LogP contribution in [0.4, 0.5) is 11.5 Å². The number of anilines is 2. The molecule has 0 radical (unpaired) electrons. The van der Waals surface area contributed by atoms with Crippen LogP contribution >= 0.6 is 22.6 Å². The quantitative estimate of drug-likeness (QED) is 0.857. The van der Waals surface area contributed by atoms with Gasteiger partial charge in [-0.3, -0.25) is 0 Å². The Hall–Kier alpha value is -1.68. The summed E-state index contributed by atoms with van der Waals surface area (Å²) in [6, 6.07) is 9.78. The van der Waals surface area contributed by atoms with Gasteiger partial charge in [0, 0.05) is 9.26 Å². The van der Waals surface area contributed by atoms with Gasteiger partial charge in [-0.2, -0.15) is 10.4 Å². The highest BCUT2D eigenvalue weighted by Gasteiger charge is 2.05. The summed E-state index contributed by atoms with van der Waals surface area (Å²) in [5.41, 5.74) is 2.52. The number of aryl methyl sites for hydroxylation is 1. The summed E-state index contributed by atoms with van der Waals surface area (Å²) in [7, 11) is 0. The zero-order chi connectivity index (χ0) is 12.3. The topological polar surface area (TPSA) is 61.6 Å². The highest BCUT2D eigenvalue weighted by Crippen LogP contribution is 2.22. The summed E-state index contributed by atoms with van der Waals surface area (Å²) in [6.45, 7) is 2.00. The van der Waals surface area contributed by atoms with E-state index in [0.717, 1.165) is 14.8 Å². The average Bonchev–Trinajstić information content (AvgIpc) is 2.34. The standard InChI is InChI=1S/C12H9IN4/c1-8-2-3-10(13)6-11(8)16-12-9(7-14)4-5-15-17-12/h2-6H,1H3,(H,16,17). The number of nitrogens with one attached hydrogen (secondary N) is 1. The Labute approximate surface area is 113 Å². The Kier molecular flexibility index (Phi) is 3.54. The lowest BCUT2D eigenvalue weighted by molar-refractivity contribution is 1.03. The van der Waals surface area contributed by atoms with Gasteiger partial charge in [-0.1, -0.05) is 6.07 Å². The van der Waals surface area contributed by atoms with Gasteiger partial charge in [0.2, 0.25) is 0 Å². The van der Waals surface area contributed by atoms with E-state index >= 15 is 0 Å². The third-order valence-electron chi connectivity index (χ3n) is 2.29. The molecule has 5 heteroatoms. The van der Waals surface area contributed by atoms with Crippen LogP contribution in [-0.2, 0) is 0 Å². The van der Waals surface area contributed by atoms with E-state index < -0.39 is 0 Å². The molecule has 1 aromatic carbocycles. The van der Waals surface area contributed by atoms with Gasteiger partial charge in [0.25, 0.3) is 0 Å². The first kappa shape index (κ1) is 11.8. The summed E-state index contributed by atoms with van der Waals surface area (Å²) >= 11 is 2.24. The van der Waals surface area contributed by atoms with Gasteiger partial charge in [0.05, 0.1) is 11.8 Å². The Morgan fingerprint density at radius 3 is 2.94 bits per heavy atom.